The molecule has 0 aromatic carbocycles. The fourth-order valence-corrected chi connectivity index (χ4v) is 1.51. The molecular formula is C13H27N3O2. The van der Waals surface area contributed by atoms with E-state index in [9.17, 15) is 5.11 Å². The van der Waals surface area contributed by atoms with Gasteiger partial charge in [-0.05, 0) is 20.8 Å². The molecule has 0 amide bonds. The zero-order chi connectivity index (χ0) is 14.0. The minimum Gasteiger partial charge on any atom is -0.390 e. The lowest BCUT2D eigenvalue weighted by Crippen LogP contribution is -2.45. The van der Waals surface area contributed by atoms with Crippen molar-refractivity contribution in [1.82, 2.24) is 10.2 Å². The van der Waals surface area contributed by atoms with Gasteiger partial charge in [0, 0.05) is 45.2 Å². The van der Waals surface area contributed by atoms with Crippen LogP contribution in [0.4, 0.5) is 0 Å². The molecule has 1 unspecified atom stereocenters. The van der Waals surface area contributed by atoms with Crippen LogP contribution < -0.4 is 5.32 Å². The number of aliphatic hydroxyl groups is 1. The molecule has 0 aliphatic carbocycles. The molecule has 0 aromatic rings. The standard InChI is InChI=1S/C13H27N3O2/c1-13(2,3)15-10-12(17)11-16(7-5-6-14)8-9-18-4/h12,15,17H,5,7-11H2,1-4H3. The summed E-state index contributed by atoms with van der Waals surface area (Å²) in [6.07, 6.45) is 0.0446. The summed E-state index contributed by atoms with van der Waals surface area (Å²) in [4.78, 5) is 2.06. The summed E-state index contributed by atoms with van der Waals surface area (Å²) in [7, 11) is 1.65. The molecule has 0 rings (SSSR count). The zero-order valence-electron chi connectivity index (χ0n) is 12.1. The minimum absolute atomic E-state index is 0.00495. The summed E-state index contributed by atoms with van der Waals surface area (Å²) >= 11 is 0. The van der Waals surface area contributed by atoms with Crippen LogP contribution in [0.2, 0.25) is 0 Å². The van der Waals surface area contributed by atoms with Crippen molar-refractivity contribution < 1.29 is 9.84 Å². The number of nitrogens with zero attached hydrogens (tertiary/aromatic N) is 2. The number of nitrogens with one attached hydrogen (secondary N) is 1. The molecule has 0 bridgehead atoms. The van der Waals surface area contributed by atoms with Crippen molar-refractivity contribution in [2.24, 2.45) is 0 Å². The predicted octanol–water partition coefficient (Wildman–Crippen LogP) is 0.597. The molecule has 2 N–H and O–H groups in total. The van der Waals surface area contributed by atoms with Crippen LogP contribution in [0.5, 0.6) is 0 Å². The van der Waals surface area contributed by atoms with Gasteiger partial charge in [-0.2, -0.15) is 5.26 Å². The molecule has 0 saturated heterocycles. The van der Waals surface area contributed by atoms with Crippen LogP contribution in [0, 0.1) is 11.3 Å². The van der Waals surface area contributed by atoms with Gasteiger partial charge in [-0.25, -0.2) is 0 Å². The molecule has 5 nitrogen and oxygen atoms in total. The van der Waals surface area contributed by atoms with Crippen molar-refractivity contribution >= 4 is 0 Å². The molecule has 0 heterocycles. The van der Waals surface area contributed by atoms with E-state index in [1.165, 1.54) is 0 Å². The smallest absolute Gasteiger partial charge is 0.0791 e. The first-order valence-electron chi connectivity index (χ1n) is 6.40. The molecule has 5 heteroatoms. The van der Waals surface area contributed by atoms with Gasteiger partial charge in [0.15, 0.2) is 0 Å². The van der Waals surface area contributed by atoms with E-state index in [2.05, 4.69) is 37.1 Å². The lowest BCUT2D eigenvalue weighted by molar-refractivity contribution is 0.0857. The zero-order valence-corrected chi connectivity index (χ0v) is 12.1. The summed E-state index contributed by atoms with van der Waals surface area (Å²) in [5.41, 5.74) is 0.00495. The van der Waals surface area contributed by atoms with Gasteiger partial charge in [-0.15, -0.1) is 0 Å². The van der Waals surface area contributed by atoms with E-state index in [1.54, 1.807) is 7.11 Å². The van der Waals surface area contributed by atoms with E-state index >= 15 is 0 Å². The molecule has 0 fully saturated rings. The quantitative estimate of drug-likeness (QED) is 0.633. The Morgan fingerprint density at radius 2 is 2.06 bits per heavy atom. The number of hydrogen-bond donors (Lipinski definition) is 2. The van der Waals surface area contributed by atoms with Crippen LogP contribution in [0.15, 0.2) is 0 Å². The number of ether oxygens (including phenoxy) is 1. The monoisotopic (exact) mass is 257 g/mol. The highest BCUT2D eigenvalue weighted by molar-refractivity contribution is 4.77. The van der Waals surface area contributed by atoms with E-state index in [0.717, 1.165) is 6.54 Å². The van der Waals surface area contributed by atoms with E-state index in [0.29, 0.717) is 32.7 Å². The average Bonchev–Trinajstić information content (AvgIpc) is 2.29. The third kappa shape index (κ3) is 10.5. The first kappa shape index (κ1) is 17.3. The highest BCUT2D eigenvalue weighted by atomic mass is 16.5. The predicted molar refractivity (Wildman–Crippen MR) is 72.3 cm³/mol. The van der Waals surface area contributed by atoms with Gasteiger partial charge in [0.05, 0.1) is 18.8 Å². The number of hydrogen-bond acceptors (Lipinski definition) is 5. The molecule has 1 atom stereocenters. The van der Waals surface area contributed by atoms with Gasteiger partial charge in [-0.1, -0.05) is 0 Å². The summed E-state index contributed by atoms with van der Waals surface area (Å²) in [6.45, 7) is 9.35. The number of β-amino-alcohol motifs (C(OH)–C–C–N with tert-alkyl or cyclic N) is 1. The number of nitriles is 1. The third-order valence-corrected chi connectivity index (χ3v) is 2.49. The molecule has 18 heavy (non-hydrogen) atoms. The van der Waals surface area contributed by atoms with Gasteiger partial charge in [0.2, 0.25) is 0 Å². The third-order valence-electron chi connectivity index (χ3n) is 2.49. The molecule has 0 aliphatic rings. The van der Waals surface area contributed by atoms with Crippen molar-refractivity contribution in [2.45, 2.75) is 38.8 Å². The Labute approximate surface area is 111 Å². The molecule has 0 spiro atoms. The SMILES string of the molecule is COCCN(CCC#N)CC(O)CNC(C)(C)C. The summed E-state index contributed by atoms with van der Waals surface area (Å²) in [5, 5.41) is 21.8. The normalized spacial score (nSPS) is 13.6. The van der Waals surface area contributed by atoms with Crippen molar-refractivity contribution in [3.63, 3.8) is 0 Å². The van der Waals surface area contributed by atoms with Crippen LogP contribution in [-0.2, 0) is 4.74 Å². The fraction of sp³-hybridized carbons (Fsp3) is 0.923. The minimum atomic E-state index is -0.431. The highest BCUT2D eigenvalue weighted by Gasteiger charge is 2.15. The Morgan fingerprint density at radius 1 is 1.39 bits per heavy atom. The second kappa shape index (κ2) is 9.29. The van der Waals surface area contributed by atoms with Crippen LogP contribution in [0.1, 0.15) is 27.2 Å². The van der Waals surface area contributed by atoms with Crippen molar-refractivity contribution in [3.05, 3.63) is 0 Å². The average molecular weight is 257 g/mol. The lowest BCUT2D eigenvalue weighted by atomic mass is 10.1. The number of aliphatic hydroxyl groups excluding tert-OH is 1. The first-order valence-corrected chi connectivity index (χ1v) is 6.40. The van der Waals surface area contributed by atoms with Crippen molar-refractivity contribution in [3.8, 4) is 6.07 Å². The lowest BCUT2D eigenvalue weighted by Gasteiger charge is -2.27. The highest BCUT2D eigenvalue weighted by Crippen LogP contribution is 2.00. The van der Waals surface area contributed by atoms with E-state index in [4.69, 9.17) is 10.00 Å². The summed E-state index contributed by atoms with van der Waals surface area (Å²) < 4.78 is 5.03. The molecular weight excluding hydrogens is 230 g/mol. The van der Waals surface area contributed by atoms with Crippen LogP contribution >= 0.6 is 0 Å². The largest absolute Gasteiger partial charge is 0.390 e. The summed E-state index contributed by atoms with van der Waals surface area (Å²) in [5.74, 6) is 0. The Kier molecular flexibility index (Phi) is 8.94. The Morgan fingerprint density at radius 3 is 2.56 bits per heavy atom. The van der Waals surface area contributed by atoms with Crippen molar-refractivity contribution in [2.75, 3.05) is 39.9 Å². The maximum absolute atomic E-state index is 9.95. The Hall–Kier alpha value is -0.670. The van der Waals surface area contributed by atoms with Gasteiger partial charge in [0.1, 0.15) is 0 Å². The topological polar surface area (TPSA) is 68.5 Å². The van der Waals surface area contributed by atoms with Crippen LogP contribution in [0.25, 0.3) is 0 Å². The number of methoxy groups -OCH3 is 1. The molecule has 106 valence electrons. The van der Waals surface area contributed by atoms with Gasteiger partial charge in [-0.3, -0.25) is 4.90 Å². The second-order valence-electron chi connectivity index (χ2n) is 5.49. The molecule has 0 radical (unpaired) electrons. The molecule has 0 saturated carbocycles. The van der Waals surface area contributed by atoms with Gasteiger partial charge >= 0.3 is 0 Å². The Balaban J connectivity index is 4.00. The van der Waals surface area contributed by atoms with E-state index in [1.807, 2.05) is 0 Å². The van der Waals surface area contributed by atoms with Gasteiger partial charge < -0.3 is 15.2 Å². The fourth-order valence-electron chi connectivity index (χ4n) is 1.51. The van der Waals surface area contributed by atoms with E-state index < -0.39 is 6.10 Å². The Bertz CT molecular complexity index is 246. The maximum Gasteiger partial charge on any atom is 0.0791 e. The molecule has 0 aromatic heterocycles. The maximum atomic E-state index is 9.95. The van der Waals surface area contributed by atoms with Crippen molar-refractivity contribution in [1.29, 1.82) is 5.26 Å². The molecule has 0 aliphatic heterocycles. The first-order chi connectivity index (χ1) is 8.39. The van der Waals surface area contributed by atoms with Crippen LogP contribution in [-0.4, -0.2) is 61.5 Å². The van der Waals surface area contributed by atoms with E-state index in [-0.39, 0.29) is 5.54 Å². The summed E-state index contributed by atoms with van der Waals surface area (Å²) in [6, 6.07) is 2.12. The van der Waals surface area contributed by atoms with Gasteiger partial charge in [0.25, 0.3) is 0 Å². The van der Waals surface area contributed by atoms with Crippen LogP contribution in [0.3, 0.4) is 0 Å². The second-order valence-corrected chi connectivity index (χ2v) is 5.49. The number of rotatable bonds is 9.